The second-order valence-corrected chi connectivity index (χ2v) is 8.91. The van der Waals surface area contributed by atoms with E-state index in [4.69, 9.17) is 4.98 Å². The molecule has 9 heteroatoms. The average molecular weight is 431 g/mol. The van der Waals surface area contributed by atoms with Gasteiger partial charge < -0.3 is 0 Å². The van der Waals surface area contributed by atoms with E-state index in [9.17, 15) is 8.78 Å². The SMILES string of the molecule is CC1(C)[C@H]2CC[C@@]1(c1ccnc(-n3nccn3)n1)c1nnc(-c3c(F)cccc3F)cc12. The highest BCUT2D eigenvalue weighted by atomic mass is 19.1. The number of hydrogen-bond acceptors (Lipinski definition) is 6. The smallest absolute Gasteiger partial charge is 0.218 e. The standard InChI is InChI=1S/C23H19F2N7/c1-22(2)14-6-8-23(22,18-7-9-26-21(29-18)32-27-10-11-28-32)20-13(14)12-17(30-31-20)19-15(24)4-3-5-16(19)25/h3-5,7,9-12,14H,6,8H2,1-2H3/t14-,23+/m0/s1. The summed E-state index contributed by atoms with van der Waals surface area (Å²) in [6.45, 7) is 4.40. The van der Waals surface area contributed by atoms with Crippen molar-refractivity contribution in [3.63, 3.8) is 0 Å². The Hall–Kier alpha value is -3.62. The van der Waals surface area contributed by atoms with E-state index in [2.05, 4.69) is 39.2 Å². The molecule has 2 aliphatic carbocycles. The lowest BCUT2D eigenvalue weighted by molar-refractivity contribution is 0.242. The van der Waals surface area contributed by atoms with Gasteiger partial charge >= 0.3 is 0 Å². The first-order valence-electron chi connectivity index (χ1n) is 10.5. The first-order chi connectivity index (χ1) is 15.4. The fourth-order valence-electron chi connectivity index (χ4n) is 5.76. The number of hydrogen-bond donors (Lipinski definition) is 0. The van der Waals surface area contributed by atoms with E-state index in [1.165, 1.54) is 23.0 Å². The topological polar surface area (TPSA) is 82.3 Å². The zero-order valence-corrected chi connectivity index (χ0v) is 17.5. The molecule has 2 bridgehead atoms. The van der Waals surface area contributed by atoms with Crippen molar-refractivity contribution in [1.82, 2.24) is 35.2 Å². The van der Waals surface area contributed by atoms with Gasteiger partial charge in [0.2, 0.25) is 0 Å². The molecular formula is C23H19F2N7. The molecule has 1 fully saturated rings. The lowest BCUT2D eigenvalue weighted by Gasteiger charge is -2.37. The van der Waals surface area contributed by atoms with Gasteiger partial charge in [0.05, 0.1) is 40.5 Å². The third-order valence-corrected chi connectivity index (χ3v) is 7.28. The summed E-state index contributed by atoms with van der Waals surface area (Å²) in [5.74, 6) is -0.748. The van der Waals surface area contributed by atoms with Crippen molar-refractivity contribution in [3.8, 4) is 17.2 Å². The van der Waals surface area contributed by atoms with E-state index in [-0.39, 0.29) is 22.6 Å². The van der Waals surface area contributed by atoms with E-state index < -0.39 is 17.0 Å². The summed E-state index contributed by atoms with van der Waals surface area (Å²) in [5, 5.41) is 17.1. The minimum absolute atomic E-state index is 0.147. The van der Waals surface area contributed by atoms with Gasteiger partial charge in [0.25, 0.3) is 5.95 Å². The number of halogens is 2. The second kappa shape index (κ2) is 6.44. The molecule has 0 saturated heterocycles. The average Bonchev–Trinajstić information content (AvgIpc) is 3.45. The quantitative estimate of drug-likeness (QED) is 0.488. The van der Waals surface area contributed by atoms with Gasteiger partial charge in [-0.2, -0.15) is 15.3 Å². The molecule has 2 aliphatic rings. The van der Waals surface area contributed by atoms with Crippen molar-refractivity contribution in [2.75, 3.05) is 0 Å². The van der Waals surface area contributed by atoms with E-state index in [1.807, 2.05) is 6.07 Å². The Bertz CT molecular complexity index is 1330. The maximum atomic E-state index is 14.4. The maximum Gasteiger partial charge on any atom is 0.268 e. The van der Waals surface area contributed by atoms with Crippen LogP contribution < -0.4 is 0 Å². The third-order valence-electron chi connectivity index (χ3n) is 7.28. The zero-order valence-electron chi connectivity index (χ0n) is 17.5. The summed E-state index contributed by atoms with van der Waals surface area (Å²) in [6, 6.07) is 7.51. The molecule has 4 aromatic rings. The molecule has 7 nitrogen and oxygen atoms in total. The number of rotatable bonds is 3. The van der Waals surface area contributed by atoms with Crippen LogP contribution in [0.2, 0.25) is 0 Å². The summed E-state index contributed by atoms with van der Waals surface area (Å²) in [5.41, 5.74) is 1.97. The summed E-state index contributed by atoms with van der Waals surface area (Å²) in [4.78, 5) is 10.5. The molecule has 6 rings (SSSR count). The molecule has 2 atom stereocenters. The Morgan fingerprint density at radius 1 is 1.00 bits per heavy atom. The third kappa shape index (κ3) is 2.33. The normalized spacial score (nSPS) is 22.8. The molecule has 160 valence electrons. The molecule has 3 aromatic heterocycles. The molecule has 1 saturated carbocycles. The molecule has 0 aliphatic heterocycles. The van der Waals surface area contributed by atoms with Crippen LogP contribution in [0.1, 0.15) is 49.6 Å². The van der Waals surface area contributed by atoms with Crippen molar-refractivity contribution in [1.29, 1.82) is 0 Å². The minimum atomic E-state index is -0.649. The van der Waals surface area contributed by atoms with Crippen LogP contribution >= 0.6 is 0 Å². The fraction of sp³-hybridized carbons (Fsp3) is 0.304. The van der Waals surface area contributed by atoms with Gasteiger partial charge in [-0.25, -0.2) is 18.7 Å². The largest absolute Gasteiger partial charge is 0.268 e. The molecular weight excluding hydrogens is 412 g/mol. The molecule has 0 radical (unpaired) electrons. The minimum Gasteiger partial charge on any atom is -0.218 e. The van der Waals surface area contributed by atoms with Crippen LogP contribution in [0.4, 0.5) is 8.78 Å². The van der Waals surface area contributed by atoms with Crippen molar-refractivity contribution >= 4 is 0 Å². The molecule has 32 heavy (non-hydrogen) atoms. The summed E-state index contributed by atoms with van der Waals surface area (Å²) < 4.78 is 28.8. The van der Waals surface area contributed by atoms with Crippen LogP contribution in [0.15, 0.2) is 48.9 Å². The highest BCUT2D eigenvalue weighted by Crippen LogP contribution is 2.69. The summed E-state index contributed by atoms with van der Waals surface area (Å²) in [7, 11) is 0. The van der Waals surface area contributed by atoms with E-state index in [0.29, 0.717) is 5.95 Å². The highest BCUT2D eigenvalue weighted by molar-refractivity contribution is 5.64. The van der Waals surface area contributed by atoms with Gasteiger partial charge in [-0.3, -0.25) is 0 Å². The number of fused-ring (bicyclic) bond motifs is 5. The maximum absolute atomic E-state index is 14.4. The first-order valence-corrected chi connectivity index (χ1v) is 10.5. The summed E-state index contributed by atoms with van der Waals surface area (Å²) in [6.07, 6.45) is 6.62. The Kier molecular flexibility index (Phi) is 3.84. The van der Waals surface area contributed by atoms with Crippen LogP contribution in [-0.4, -0.2) is 35.2 Å². The predicted molar refractivity (Wildman–Crippen MR) is 111 cm³/mol. The van der Waals surface area contributed by atoms with Gasteiger partial charge in [-0.1, -0.05) is 19.9 Å². The van der Waals surface area contributed by atoms with Crippen LogP contribution in [0.5, 0.6) is 0 Å². The van der Waals surface area contributed by atoms with Gasteiger partial charge in [0.15, 0.2) is 0 Å². The van der Waals surface area contributed by atoms with Gasteiger partial charge in [-0.05, 0) is 54.0 Å². The molecule has 3 heterocycles. The lowest BCUT2D eigenvalue weighted by atomic mass is 9.66. The first kappa shape index (κ1) is 19.1. The Balaban J connectivity index is 1.54. The van der Waals surface area contributed by atoms with Crippen molar-refractivity contribution in [2.45, 2.75) is 38.0 Å². The predicted octanol–water partition coefficient (Wildman–Crippen LogP) is 4.00. The number of aromatic nitrogens is 7. The fourth-order valence-corrected chi connectivity index (χ4v) is 5.76. The Morgan fingerprint density at radius 3 is 2.50 bits per heavy atom. The van der Waals surface area contributed by atoms with Gasteiger partial charge in [0, 0.05) is 6.20 Å². The number of nitrogens with zero attached hydrogens (tertiary/aromatic N) is 7. The van der Waals surface area contributed by atoms with E-state index >= 15 is 0 Å². The van der Waals surface area contributed by atoms with Crippen molar-refractivity contribution in [3.05, 3.63) is 77.5 Å². The lowest BCUT2D eigenvalue weighted by Crippen LogP contribution is -2.38. The van der Waals surface area contributed by atoms with E-state index in [1.54, 1.807) is 24.7 Å². The van der Waals surface area contributed by atoms with Crippen LogP contribution in [0.25, 0.3) is 17.2 Å². The highest BCUT2D eigenvalue weighted by Gasteiger charge is 2.65. The van der Waals surface area contributed by atoms with Crippen LogP contribution in [0, 0.1) is 17.0 Å². The monoisotopic (exact) mass is 431 g/mol. The molecule has 0 N–H and O–H groups in total. The Labute approximate surface area is 182 Å². The van der Waals surface area contributed by atoms with Crippen molar-refractivity contribution < 1.29 is 8.78 Å². The molecule has 0 spiro atoms. The van der Waals surface area contributed by atoms with E-state index in [0.717, 1.165) is 29.8 Å². The molecule has 0 unspecified atom stereocenters. The molecule has 0 amide bonds. The second-order valence-electron chi connectivity index (χ2n) is 8.91. The Morgan fingerprint density at radius 2 is 1.75 bits per heavy atom. The number of benzene rings is 1. The zero-order chi connectivity index (χ0) is 22.1. The van der Waals surface area contributed by atoms with Gasteiger partial charge in [-0.15, -0.1) is 9.90 Å². The van der Waals surface area contributed by atoms with Crippen LogP contribution in [0.3, 0.4) is 0 Å². The van der Waals surface area contributed by atoms with Crippen molar-refractivity contribution in [2.24, 2.45) is 5.41 Å². The van der Waals surface area contributed by atoms with Gasteiger partial charge in [0.1, 0.15) is 11.6 Å². The summed E-state index contributed by atoms with van der Waals surface area (Å²) >= 11 is 0. The van der Waals surface area contributed by atoms with Crippen LogP contribution in [-0.2, 0) is 5.41 Å². The molecule has 1 aromatic carbocycles.